The Hall–Kier alpha value is -1.72. The predicted octanol–water partition coefficient (Wildman–Crippen LogP) is 2.80. The zero-order chi connectivity index (χ0) is 13.1. The van der Waals surface area contributed by atoms with Gasteiger partial charge in [0.25, 0.3) is 0 Å². The molecule has 1 aromatic carbocycles. The minimum absolute atomic E-state index is 0.0299. The first-order valence-corrected chi connectivity index (χ1v) is 4.76. The van der Waals surface area contributed by atoms with Gasteiger partial charge in [-0.15, -0.1) is 0 Å². The molecule has 0 saturated heterocycles. The first kappa shape index (κ1) is 13.3. The molecule has 6 heteroatoms. The molecule has 0 fully saturated rings. The SMILES string of the molecule is COC(=O)c1cccc(OC(C)C(F)(F)F)c1. The molecule has 17 heavy (non-hydrogen) atoms. The predicted molar refractivity (Wildman–Crippen MR) is 53.9 cm³/mol. The lowest BCUT2D eigenvalue weighted by atomic mass is 10.2. The van der Waals surface area contributed by atoms with Crippen LogP contribution >= 0.6 is 0 Å². The summed E-state index contributed by atoms with van der Waals surface area (Å²) in [5.74, 6) is -0.659. The minimum atomic E-state index is -4.44. The lowest BCUT2D eigenvalue weighted by Crippen LogP contribution is -2.31. The fourth-order valence-corrected chi connectivity index (χ4v) is 1.09. The Balaban J connectivity index is 2.83. The van der Waals surface area contributed by atoms with Crippen LogP contribution in [-0.2, 0) is 4.74 Å². The van der Waals surface area contributed by atoms with E-state index >= 15 is 0 Å². The van der Waals surface area contributed by atoms with Gasteiger partial charge in [0.05, 0.1) is 12.7 Å². The number of halogens is 3. The molecule has 0 aliphatic heterocycles. The number of rotatable bonds is 3. The normalized spacial score (nSPS) is 13.0. The van der Waals surface area contributed by atoms with Gasteiger partial charge >= 0.3 is 12.1 Å². The van der Waals surface area contributed by atoms with Crippen LogP contribution in [-0.4, -0.2) is 25.4 Å². The van der Waals surface area contributed by atoms with Gasteiger partial charge < -0.3 is 9.47 Å². The molecule has 1 atom stereocenters. The molecule has 1 rings (SSSR count). The van der Waals surface area contributed by atoms with Crippen molar-refractivity contribution in [3.05, 3.63) is 29.8 Å². The highest BCUT2D eigenvalue weighted by Gasteiger charge is 2.38. The topological polar surface area (TPSA) is 35.5 Å². The van der Waals surface area contributed by atoms with Crippen LogP contribution in [0.5, 0.6) is 5.75 Å². The lowest BCUT2D eigenvalue weighted by molar-refractivity contribution is -0.189. The molecular formula is C11H11F3O3. The summed E-state index contributed by atoms with van der Waals surface area (Å²) >= 11 is 0. The Morgan fingerprint density at radius 3 is 2.53 bits per heavy atom. The zero-order valence-electron chi connectivity index (χ0n) is 9.25. The summed E-state index contributed by atoms with van der Waals surface area (Å²) in [5, 5.41) is 0. The quantitative estimate of drug-likeness (QED) is 0.771. The molecule has 94 valence electrons. The van der Waals surface area contributed by atoms with Crippen LogP contribution in [0.15, 0.2) is 24.3 Å². The van der Waals surface area contributed by atoms with Gasteiger partial charge in [-0.25, -0.2) is 4.79 Å². The molecule has 0 aromatic heterocycles. The third kappa shape index (κ3) is 3.65. The summed E-state index contributed by atoms with van der Waals surface area (Å²) in [6.45, 7) is 0.894. The van der Waals surface area contributed by atoms with Crippen molar-refractivity contribution in [3.63, 3.8) is 0 Å². The van der Waals surface area contributed by atoms with Crippen molar-refractivity contribution in [3.8, 4) is 5.75 Å². The maximum atomic E-state index is 12.2. The number of alkyl halides is 3. The standard InChI is InChI=1S/C11H11F3O3/c1-7(11(12,13)14)17-9-5-3-4-8(6-9)10(15)16-2/h3-7H,1-2H3. The highest BCUT2D eigenvalue weighted by atomic mass is 19.4. The number of hydrogen-bond acceptors (Lipinski definition) is 3. The Kier molecular flexibility index (Phi) is 3.98. The first-order valence-electron chi connectivity index (χ1n) is 4.76. The highest BCUT2D eigenvalue weighted by molar-refractivity contribution is 5.89. The third-order valence-corrected chi connectivity index (χ3v) is 2.03. The van der Waals surface area contributed by atoms with Gasteiger partial charge in [-0.1, -0.05) is 6.07 Å². The Labute approximate surface area is 96.1 Å². The molecule has 0 radical (unpaired) electrons. The van der Waals surface area contributed by atoms with Crippen molar-refractivity contribution in [2.75, 3.05) is 7.11 Å². The average molecular weight is 248 g/mol. The summed E-state index contributed by atoms with van der Waals surface area (Å²) in [6, 6.07) is 5.39. The number of benzene rings is 1. The number of hydrogen-bond donors (Lipinski definition) is 0. The highest BCUT2D eigenvalue weighted by Crippen LogP contribution is 2.25. The second-order valence-corrected chi connectivity index (χ2v) is 3.32. The van der Waals surface area contributed by atoms with Crippen LogP contribution in [0.2, 0.25) is 0 Å². The molecule has 0 aliphatic carbocycles. The molecule has 0 aliphatic rings. The van der Waals surface area contributed by atoms with Crippen LogP contribution in [0.1, 0.15) is 17.3 Å². The monoisotopic (exact) mass is 248 g/mol. The van der Waals surface area contributed by atoms with Gasteiger partial charge in [-0.2, -0.15) is 13.2 Å². The summed E-state index contributed by atoms with van der Waals surface area (Å²) in [4.78, 5) is 11.1. The fourth-order valence-electron chi connectivity index (χ4n) is 1.09. The van der Waals surface area contributed by atoms with Gasteiger partial charge in [0.2, 0.25) is 0 Å². The number of ether oxygens (including phenoxy) is 2. The maximum absolute atomic E-state index is 12.2. The van der Waals surface area contributed by atoms with Gasteiger partial charge in [-0.05, 0) is 25.1 Å². The van der Waals surface area contributed by atoms with Crippen LogP contribution in [0.4, 0.5) is 13.2 Å². The van der Waals surface area contributed by atoms with Gasteiger partial charge in [0.15, 0.2) is 6.10 Å². The molecule has 0 bridgehead atoms. The summed E-state index contributed by atoms with van der Waals surface area (Å²) in [6.07, 6.45) is -6.38. The van der Waals surface area contributed by atoms with E-state index in [-0.39, 0.29) is 11.3 Å². The van der Waals surface area contributed by atoms with Gasteiger partial charge in [-0.3, -0.25) is 0 Å². The molecule has 0 N–H and O–H groups in total. The van der Waals surface area contributed by atoms with Crippen molar-refractivity contribution in [2.45, 2.75) is 19.2 Å². The van der Waals surface area contributed by atoms with E-state index in [1.807, 2.05) is 0 Å². The second kappa shape index (κ2) is 5.07. The van der Waals surface area contributed by atoms with E-state index < -0.39 is 18.2 Å². The van der Waals surface area contributed by atoms with E-state index in [0.717, 1.165) is 6.92 Å². The van der Waals surface area contributed by atoms with Crippen molar-refractivity contribution < 1.29 is 27.4 Å². The summed E-state index contributed by atoms with van der Waals surface area (Å²) in [5.41, 5.74) is 0.138. The number of carbonyl (C=O) groups is 1. The smallest absolute Gasteiger partial charge is 0.425 e. The van der Waals surface area contributed by atoms with Crippen molar-refractivity contribution in [1.29, 1.82) is 0 Å². The first-order chi connectivity index (χ1) is 7.84. The van der Waals surface area contributed by atoms with E-state index in [2.05, 4.69) is 9.47 Å². The van der Waals surface area contributed by atoms with Crippen LogP contribution < -0.4 is 4.74 Å². The van der Waals surface area contributed by atoms with Gasteiger partial charge in [0.1, 0.15) is 5.75 Å². The van der Waals surface area contributed by atoms with E-state index in [4.69, 9.17) is 0 Å². The molecule has 0 amide bonds. The van der Waals surface area contributed by atoms with Crippen LogP contribution in [0.3, 0.4) is 0 Å². The molecular weight excluding hydrogens is 237 g/mol. The molecule has 0 spiro atoms. The maximum Gasteiger partial charge on any atom is 0.425 e. The van der Waals surface area contributed by atoms with Gasteiger partial charge in [0, 0.05) is 0 Å². The largest absolute Gasteiger partial charge is 0.481 e. The van der Waals surface area contributed by atoms with E-state index in [1.165, 1.54) is 31.4 Å². The number of esters is 1. The van der Waals surface area contributed by atoms with Crippen LogP contribution in [0.25, 0.3) is 0 Å². The van der Waals surface area contributed by atoms with Crippen molar-refractivity contribution in [1.82, 2.24) is 0 Å². The third-order valence-electron chi connectivity index (χ3n) is 2.03. The van der Waals surface area contributed by atoms with Crippen molar-refractivity contribution >= 4 is 5.97 Å². The Morgan fingerprint density at radius 1 is 1.35 bits per heavy atom. The molecule has 1 aromatic rings. The number of methoxy groups -OCH3 is 1. The van der Waals surface area contributed by atoms with Crippen molar-refractivity contribution in [2.24, 2.45) is 0 Å². The second-order valence-electron chi connectivity index (χ2n) is 3.32. The zero-order valence-corrected chi connectivity index (χ0v) is 9.25. The van der Waals surface area contributed by atoms with E-state index in [0.29, 0.717) is 0 Å². The number of carbonyl (C=O) groups excluding carboxylic acids is 1. The summed E-state index contributed by atoms with van der Waals surface area (Å²) < 4.78 is 45.9. The molecule has 1 unspecified atom stereocenters. The van der Waals surface area contributed by atoms with Crippen LogP contribution in [0, 0.1) is 0 Å². The minimum Gasteiger partial charge on any atom is -0.481 e. The lowest BCUT2D eigenvalue weighted by Gasteiger charge is -2.17. The van der Waals surface area contributed by atoms with E-state index in [1.54, 1.807) is 0 Å². The Bertz CT molecular complexity index is 401. The fraction of sp³-hybridized carbons (Fsp3) is 0.364. The average Bonchev–Trinajstić information content (AvgIpc) is 2.27. The van der Waals surface area contributed by atoms with E-state index in [9.17, 15) is 18.0 Å². The molecule has 3 nitrogen and oxygen atoms in total. The Morgan fingerprint density at radius 2 is 2.00 bits per heavy atom. The molecule has 0 heterocycles. The summed E-state index contributed by atoms with van der Waals surface area (Å²) in [7, 11) is 1.19. The molecule has 0 saturated carbocycles.